The summed E-state index contributed by atoms with van der Waals surface area (Å²) in [5.41, 5.74) is 0. The minimum Gasteiger partial charge on any atom is -1.00 e. The summed E-state index contributed by atoms with van der Waals surface area (Å²) in [5.74, 6) is 4.21. The summed E-state index contributed by atoms with van der Waals surface area (Å²) in [6.45, 7) is 2.74. The zero-order valence-electron chi connectivity index (χ0n) is 14.9. The zero-order chi connectivity index (χ0) is 14.3. The van der Waals surface area contributed by atoms with E-state index in [9.17, 15) is 0 Å². The number of hydrogen-bond donors (Lipinski definition) is 0. The fourth-order valence-electron chi connectivity index (χ4n) is 4.70. The van der Waals surface area contributed by atoms with E-state index in [1.54, 1.807) is 6.42 Å². The molecule has 21 heavy (non-hydrogen) atoms. The SMILES string of the molecule is C[N+](C)(C)CCCC1C2CCC(C2)C1C[N+](C)(C)C.[I-].[I-]. The standard InChI is InChI=1S/C17H36N2.2HI/c1-18(2,3)11-7-8-16-14-9-10-15(12-14)17(16)13-19(4,5)6;;/h14-17H,7-13H2,1-6H3;2*1H/q+2;;/p-2. The van der Waals surface area contributed by atoms with Crippen LogP contribution in [0.5, 0.6) is 0 Å². The Labute approximate surface area is 167 Å². The molecule has 2 fully saturated rings. The maximum Gasteiger partial charge on any atom is 0.0814 e. The molecule has 0 N–H and O–H groups in total. The quantitative estimate of drug-likeness (QED) is 0.256. The number of quaternary nitrogens is 2. The second kappa shape index (κ2) is 8.47. The van der Waals surface area contributed by atoms with Crippen molar-refractivity contribution < 1.29 is 56.9 Å². The fourth-order valence-corrected chi connectivity index (χ4v) is 4.70. The van der Waals surface area contributed by atoms with Gasteiger partial charge < -0.3 is 56.9 Å². The minimum atomic E-state index is 0. The summed E-state index contributed by atoms with van der Waals surface area (Å²) >= 11 is 0. The van der Waals surface area contributed by atoms with E-state index in [4.69, 9.17) is 0 Å². The van der Waals surface area contributed by atoms with Gasteiger partial charge in [-0.1, -0.05) is 0 Å². The third-order valence-electron chi connectivity index (χ3n) is 5.40. The monoisotopic (exact) mass is 522 g/mol. The predicted octanol–water partition coefficient (Wildman–Crippen LogP) is -3.15. The first kappa shape index (κ1) is 22.4. The molecule has 4 unspecified atom stereocenters. The molecule has 0 aromatic carbocycles. The molecule has 128 valence electrons. The van der Waals surface area contributed by atoms with Crippen LogP contribution >= 0.6 is 0 Å². The van der Waals surface area contributed by atoms with Crippen molar-refractivity contribution in [2.45, 2.75) is 32.1 Å². The zero-order valence-corrected chi connectivity index (χ0v) is 19.2. The molecule has 2 rings (SSSR count). The third kappa shape index (κ3) is 6.79. The Morgan fingerprint density at radius 3 is 1.76 bits per heavy atom. The largest absolute Gasteiger partial charge is 1.00 e. The summed E-state index contributed by atoms with van der Waals surface area (Å²) in [4.78, 5) is 0. The first-order valence-corrected chi connectivity index (χ1v) is 8.27. The number of rotatable bonds is 6. The molecule has 2 nitrogen and oxygen atoms in total. The van der Waals surface area contributed by atoms with E-state index in [0.717, 1.165) is 32.6 Å². The lowest BCUT2D eigenvalue weighted by atomic mass is 9.76. The molecular formula is C17H36I2N2. The van der Waals surface area contributed by atoms with Crippen LogP contribution in [0.4, 0.5) is 0 Å². The van der Waals surface area contributed by atoms with Gasteiger partial charge in [-0.3, -0.25) is 0 Å². The Kier molecular flexibility index (Phi) is 9.03. The summed E-state index contributed by atoms with van der Waals surface area (Å²) < 4.78 is 2.28. The maximum absolute atomic E-state index is 2.37. The average Bonchev–Trinajstić information content (AvgIpc) is 2.76. The van der Waals surface area contributed by atoms with Gasteiger partial charge in [0.1, 0.15) is 0 Å². The predicted molar refractivity (Wildman–Crippen MR) is 82.8 cm³/mol. The van der Waals surface area contributed by atoms with Crippen LogP contribution in [0.3, 0.4) is 0 Å². The molecule has 0 aromatic rings. The van der Waals surface area contributed by atoms with Crippen LogP contribution in [-0.4, -0.2) is 64.3 Å². The van der Waals surface area contributed by atoms with Gasteiger partial charge in [0.15, 0.2) is 0 Å². The third-order valence-corrected chi connectivity index (χ3v) is 5.40. The topological polar surface area (TPSA) is 0 Å². The number of halogens is 2. The summed E-state index contributed by atoms with van der Waals surface area (Å²) in [7, 11) is 14.1. The van der Waals surface area contributed by atoms with Crippen molar-refractivity contribution in [3.05, 3.63) is 0 Å². The lowest BCUT2D eigenvalue weighted by Gasteiger charge is -2.36. The fraction of sp³-hybridized carbons (Fsp3) is 1.00. The molecule has 2 aliphatic rings. The van der Waals surface area contributed by atoms with Crippen molar-refractivity contribution in [3.63, 3.8) is 0 Å². The van der Waals surface area contributed by atoms with E-state index >= 15 is 0 Å². The molecule has 2 aliphatic carbocycles. The van der Waals surface area contributed by atoms with Gasteiger partial charge in [-0.05, 0) is 49.9 Å². The van der Waals surface area contributed by atoms with E-state index in [2.05, 4.69) is 42.3 Å². The highest BCUT2D eigenvalue weighted by Gasteiger charge is 2.48. The minimum absolute atomic E-state index is 0. The normalized spacial score (nSPS) is 31.7. The van der Waals surface area contributed by atoms with Crippen LogP contribution in [0.1, 0.15) is 32.1 Å². The van der Waals surface area contributed by atoms with Gasteiger partial charge in [-0.25, -0.2) is 0 Å². The van der Waals surface area contributed by atoms with Crippen LogP contribution in [0.2, 0.25) is 0 Å². The van der Waals surface area contributed by atoms with E-state index in [1.165, 1.54) is 38.8 Å². The molecule has 0 spiro atoms. The van der Waals surface area contributed by atoms with Gasteiger partial charge in [0.25, 0.3) is 0 Å². The molecule has 0 amide bonds. The van der Waals surface area contributed by atoms with Crippen molar-refractivity contribution in [3.8, 4) is 0 Å². The molecule has 4 atom stereocenters. The highest BCUT2D eigenvalue weighted by molar-refractivity contribution is 4.96. The molecule has 0 heterocycles. The van der Waals surface area contributed by atoms with E-state index in [1.807, 2.05) is 0 Å². The Balaban J connectivity index is 0.00000200. The van der Waals surface area contributed by atoms with Crippen LogP contribution < -0.4 is 48.0 Å². The molecule has 4 heteroatoms. The second-order valence-electron chi connectivity index (χ2n) is 9.29. The van der Waals surface area contributed by atoms with Crippen molar-refractivity contribution in [1.29, 1.82) is 0 Å². The maximum atomic E-state index is 2.37. The van der Waals surface area contributed by atoms with E-state index < -0.39 is 0 Å². The molecule has 2 saturated carbocycles. The Bertz CT molecular complexity index is 307. The van der Waals surface area contributed by atoms with Gasteiger partial charge in [-0.2, -0.15) is 0 Å². The summed E-state index contributed by atoms with van der Waals surface area (Å²) in [6.07, 6.45) is 7.53. The van der Waals surface area contributed by atoms with Gasteiger partial charge in [0.2, 0.25) is 0 Å². The second-order valence-corrected chi connectivity index (χ2v) is 9.29. The molecule has 0 radical (unpaired) electrons. The smallest absolute Gasteiger partial charge is 0.0814 e. The first-order valence-electron chi connectivity index (χ1n) is 8.27. The van der Waals surface area contributed by atoms with Crippen molar-refractivity contribution in [2.75, 3.05) is 55.4 Å². The van der Waals surface area contributed by atoms with Crippen molar-refractivity contribution in [1.82, 2.24) is 0 Å². The lowest BCUT2D eigenvalue weighted by Crippen LogP contribution is -3.00. The Morgan fingerprint density at radius 1 is 0.762 bits per heavy atom. The Morgan fingerprint density at radius 2 is 1.29 bits per heavy atom. The number of fused-ring (bicyclic) bond motifs is 2. The molecule has 2 bridgehead atoms. The van der Waals surface area contributed by atoms with E-state index in [-0.39, 0.29) is 48.0 Å². The molecule has 0 aromatic heterocycles. The number of nitrogens with zero attached hydrogens (tertiary/aromatic N) is 2. The highest BCUT2D eigenvalue weighted by atomic mass is 127. The van der Waals surface area contributed by atoms with Gasteiger partial charge >= 0.3 is 0 Å². The summed E-state index contributed by atoms with van der Waals surface area (Å²) in [5, 5.41) is 0. The highest BCUT2D eigenvalue weighted by Crippen LogP contribution is 2.54. The van der Waals surface area contributed by atoms with Gasteiger partial charge in [-0.15, -0.1) is 0 Å². The van der Waals surface area contributed by atoms with Crippen molar-refractivity contribution in [2.24, 2.45) is 23.7 Å². The molecular weight excluding hydrogens is 486 g/mol. The lowest BCUT2D eigenvalue weighted by molar-refractivity contribution is -0.875. The number of hydrogen-bond acceptors (Lipinski definition) is 0. The molecule has 0 saturated heterocycles. The summed E-state index contributed by atoms with van der Waals surface area (Å²) in [6, 6.07) is 0. The van der Waals surface area contributed by atoms with Crippen LogP contribution in [-0.2, 0) is 0 Å². The van der Waals surface area contributed by atoms with E-state index in [0.29, 0.717) is 0 Å². The van der Waals surface area contributed by atoms with Crippen molar-refractivity contribution >= 4 is 0 Å². The van der Waals surface area contributed by atoms with Gasteiger partial charge in [0, 0.05) is 5.92 Å². The molecule has 0 aliphatic heterocycles. The van der Waals surface area contributed by atoms with Crippen LogP contribution in [0.15, 0.2) is 0 Å². The van der Waals surface area contributed by atoms with Crippen LogP contribution in [0, 0.1) is 23.7 Å². The average molecular weight is 522 g/mol. The van der Waals surface area contributed by atoms with Gasteiger partial charge in [0.05, 0.1) is 55.4 Å². The first-order chi connectivity index (χ1) is 8.66. The van der Waals surface area contributed by atoms with Crippen LogP contribution in [0.25, 0.3) is 0 Å². The Hall–Kier alpha value is 1.38.